The van der Waals surface area contributed by atoms with Crippen LogP contribution in [0.5, 0.6) is 0 Å². The molecule has 0 spiro atoms. The number of benzene rings is 11. The molecule has 304 valence electrons. The standard InChI is InChI=1S/C62H41N3/c1-4-18-42(19-5-1)44-38-45(43-20-6-2-7-21-43)40-50(39-44)63(49-36-37-55-53-26-11-10-24-51(53)52-25-12-13-27-54(52)58(55)41-49)47-32-34-48(35-33-47)65-60-31-17-15-29-57(60)61-56-28-14-16-30-59(56)64(62(61)65)46-22-8-3-9-23-46/h1-41H. The van der Waals surface area contributed by atoms with E-state index in [1.807, 2.05) is 0 Å². The fraction of sp³-hybridized carbons (Fsp3) is 0. The highest BCUT2D eigenvalue weighted by molar-refractivity contribution is 6.26. The third-order valence-corrected chi connectivity index (χ3v) is 13.2. The van der Waals surface area contributed by atoms with Gasteiger partial charge in [0.25, 0.3) is 0 Å². The van der Waals surface area contributed by atoms with Crippen LogP contribution in [0, 0.1) is 0 Å². The van der Waals surface area contributed by atoms with Crippen LogP contribution >= 0.6 is 0 Å². The number of aromatic nitrogens is 2. The van der Waals surface area contributed by atoms with Gasteiger partial charge in [-0.1, -0.05) is 170 Å². The molecule has 0 radical (unpaired) electrons. The van der Waals surface area contributed by atoms with Crippen LogP contribution in [0.4, 0.5) is 17.1 Å². The smallest absolute Gasteiger partial charge is 0.131 e. The summed E-state index contributed by atoms with van der Waals surface area (Å²) >= 11 is 0. The topological polar surface area (TPSA) is 13.1 Å². The van der Waals surface area contributed by atoms with Crippen molar-refractivity contribution in [3.63, 3.8) is 0 Å². The quantitative estimate of drug-likeness (QED) is 0.146. The van der Waals surface area contributed by atoms with Crippen molar-refractivity contribution in [2.75, 3.05) is 4.90 Å². The van der Waals surface area contributed by atoms with Crippen LogP contribution in [-0.4, -0.2) is 9.13 Å². The minimum Gasteiger partial charge on any atom is -0.310 e. The Morgan fingerprint density at radius 3 is 1.17 bits per heavy atom. The first kappa shape index (κ1) is 36.9. The van der Waals surface area contributed by atoms with E-state index in [1.54, 1.807) is 0 Å². The van der Waals surface area contributed by atoms with Gasteiger partial charge in [-0.2, -0.15) is 0 Å². The van der Waals surface area contributed by atoms with Crippen LogP contribution in [0.15, 0.2) is 249 Å². The predicted octanol–water partition coefficient (Wildman–Crippen LogP) is 17.0. The summed E-state index contributed by atoms with van der Waals surface area (Å²) < 4.78 is 4.87. The van der Waals surface area contributed by atoms with Gasteiger partial charge < -0.3 is 4.90 Å². The summed E-state index contributed by atoms with van der Waals surface area (Å²) in [7, 11) is 0. The third-order valence-electron chi connectivity index (χ3n) is 13.2. The molecule has 3 nitrogen and oxygen atoms in total. The SMILES string of the molecule is c1ccc(-c2cc(-c3ccccc3)cc(N(c3ccc(-n4c5ccccc5c5c6ccccc6n(-c6ccccc6)c54)cc3)c3ccc4c5ccccc5c5ccccc5c4c3)c2)cc1. The van der Waals surface area contributed by atoms with E-state index >= 15 is 0 Å². The molecule has 0 saturated carbocycles. The van der Waals surface area contributed by atoms with E-state index in [0.29, 0.717) is 0 Å². The molecule has 0 fully saturated rings. The minimum atomic E-state index is 1.07. The van der Waals surface area contributed by atoms with E-state index in [0.717, 1.165) is 45.2 Å². The summed E-state index contributed by atoms with van der Waals surface area (Å²) in [6, 6.07) is 90.7. The number of rotatable bonds is 7. The molecule has 2 heterocycles. The minimum absolute atomic E-state index is 1.07. The highest BCUT2D eigenvalue weighted by atomic mass is 15.2. The van der Waals surface area contributed by atoms with Crippen molar-refractivity contribution in [1.29, 1.82) is 0 Å². The molecule has 0 aliphatic rings. The van der Waals surface area contributed by atoms with E-state index in [2.05, 4.69) is 263 Å². The number of hydrogen-bond donors (Lipinski definition) is 0. The molecule has 0 bridgehead atoms. The Hall–Kier alpha value is -8.66. The molecule has 0 aliphatic heterocycles. The molecule has 2 aromatic heterocycles. The molecule has 0 unspecified atom stereocenters. The van der Waals surface area contributed by atoms with Crippen LogP contribution in [-0.2, 0) is 0 Å². The largest absolute Gasteiger partial charge is 0.310 e. The maximum atomic E-state index is 2.45. The molecule has 13 rings (SSSR count). The fourth-order valence-corrected chi connectivity index (χ4v) is 10.4. The van der Waals surface area contributed by atoms with E-state index in [9.17, 15) is 0 Å². The molecule has 0 saturated heterocycles. The van der Waals surface area contributed by atoms with Crippen molar-refractivity contribution in [3.8, 4) is 33.6 Å². The van der Waals surface area contributed by atoms with Gasteiger partial charge in [0.15, 0.2) is 0 Å². The van der Waals surface area contributed by atoms with Crippen molar-refractivity contribution in [2.24, 2.45) is 0 Å². The Balaban J connectivity index is 1.06. The average Bonchev–Trinajstić information content (AvgIpc) is 3.90. The van der Waals surface area contributed by atoms with Crippen LogP contribution in [0.2, 0.25) is 0 Å². The highest BCUT2D eigenvalue weighted by Crippen LogP contribution is 2.45. The first-order valence-corrected chi connectivity index (χ1v) is 22.3. The van der Waals surface area contributed by atoms with Gasteiger partial charge in [0.05, 0.1) is 11.0 Å². The number of anilines is 3. The number of hydrogen-bond acceptors (Lipinski definition) is 1. The maximum Gasteiger partial charge on any atom is 0.131 e. The van der Waals surface area contributed by atoms with Gasteiger partial charge >= 0.3 is 0 Å². The highest BCUT2D eigenvalue weighted by Gasteiger charge is 2.23. The Morgan fingerprint density at radius 2 is 0.646 bits per heavy atom. The fourth-order valence-electron chi connectivity index (χ4n) is 10.4. The summed E-state index contributed by atoms with van der Waals surface area (Å²) in [5, 5.41) is 11.3. The van der Waals surface area contributed by atoms with E-state index in [-0.39, 0.29) is 0 Å². The zero-order valence-corrected chi connectivity index (χ0v) is 35.5. The number of nitrogens with zero attached hydrogens (tertiary/aromatic N) is 3. The number of para-hydroxylation sites is 3. The second-order valence-electron chi connectivity index (χ2n) is 16.9. The Kier molecular flexibility index (Phi) is 8.53. The second-order valence-corrected chi connectivity index (χ2v) is 16.9. The van der Waals surface area contributed by atoms with Gasteiger partial charge in [0, 0.05) is 44.6 Å². The second kappa shape index (κ2) is 15.0. The van der Waals surface area contributed by atoms with Crippen LogP contribution < -0.4 is 4.90 Å². The lowest BCUT2D eigenvalue weighted by Gasteiger charge is -2.28. The van der Waals surface area contributed by atoms with Gasteiger partial charge in [-0.15, -0.1) is 0 Å². The molecule has 0 amide bonds. The zero-order valence-electron chi connectivity index (χ0n) is 35.5. The third kappa shape index (κ3) is 5.97. The van der Waals surface area contributed by atoms with Gasteiger partial charge in [-0.05, 0) is 133 Å². The summed E-state index contributed by atoms with van der Waals surface area (Å²) in [4.78, 5) is 2.44. The van der Waals surface area contributed by atoms with Gasteiger partial charge in [0.2, 0.25) is 0 Å². The Labute approximate surface area is 376 Å². The predicted molar refractivity (Wildman–Crippen MR) is 276 cm³/mol. The lowest BCUT2D eigenvalue weighted by atomic mass is 9.93. The molecule has 11 aromatic carbocycles. The molecule has 65 heavy (non-hydrogen) atoms. The number of fused-ring (bicyclic) bond motifs is 11. The Morgan fingerprint density at radius 1 is 0.246 bits per heavy atom. The maximum absolute atomic E-state index is 2.45. The van der Waals surface area contributed by atoms with Crippen LogP contribution in [0.3, 0.4) is 0 Å². The van der Waals surface area contributed by atoms with E-state index in [1.165, 1.54) is 70.6 Å². The molecule has 3 heteroatoms. The van der Waals surface area contributed by atoms with Crippen molar-refractivity contribution in [2.45, 2.75) is 0 Å². The van der Waals surface area contributed by atoms with Crippen molar-refractivity contribution in [1.82, 2.24) is 9.13 Å². The van der Waals surface area contributed by atoms with Crippen molar-refractivity contribution < 1.29 is 0 Å². The van der Waals surface area contributed by atoms with Crippen molar-refractivity contribution in [3.05, 3.63) is 249 Å². The first-order chi connectivity index (χ1) is 32.3. The molecule has 0 atom stereocenters. The Bertz CT molecular complexity index is 3830. The average molecular weight is 828 g/mol. The van der Waals surface area contributed by atoms with Crippen LogP contribution in [0.25, 0.3) is 98.8 Å². The first-order valence-electron chi connectivity index (χ1n) is 22.3. The zero-order chi connectivity index (χ0) is 42.8. The van der Waals surface area contributed by atoms with Crippen molar-refractivity contribution >= 4 is 82.2 Å². The summed E-state index contributed by atoms with van der Waals surface area (Å²) in [5.41, 5.74) is 13.7. The monoisotopic (exact) mass is 827 g/mol. The summed E-state index contributed by atoms with van der Waals surface area (Å²) in [5.74, 6) is 0. The van der Waals surface area contributed by atoms with Gasteiger partial charge in [-0.3, -0.25) is 9.13 Å². The summed E-state index contributed by atoms with van der Waals surface area (Å²) in [6.45, 7) is 0. The van der Waals surface area contributed by atoms with E-state index in [4.69, 9.17) is 0 Å². The lowest BCUT2D eigenvalue weighted by Crippen LogP contribution is -2.11. The molecular weight excluding hydrogens is 787 g/mol. The molecule has 0 aliphatic carbocycles. The van der Waals surface area contributed by atoms with Gasteiger partial charge in [0.1, 0.15) is 5.65 Å². The normalized spacial score (nSPS) is 11.7. The van der Waals surface area contributed by atoms with E-state index < -0.39 is 0 Å². The molecular formula is C62H41N3. The van der Waals surface area contributed by atoms with Crippen LogP contribution in [0.1, 0.15) is 0 Å². The lowest BCUT2D eigenvalue weighted by molar-refractivity contribution is 1.07. The molecule has 0 N–H and O–H groups in total. The summed E-state index contributed by atoms with van der Waals surface area (Å²) in [6.07, 6.45) is 0. The molecule has 13 aromatic rings. The van der Waals surface area contributed by atoms with Gasteiger partial charge in [-0.25, -0.2) is 0 Å².